The number of nitrogens with one attached hydrogen (secondary N) is 1. The van der Waals surface area contributed by atoms with Crippen LogP contribution in [-0.4, -0.2) is 30.7 Å². The van der Waals surface area contributed by atoms with Crippen LogP contribution in [0.25, 0.3) is 5.78 Å². The Morgan fingerprint density at radius 2 is 1.96 bits per heavy atom. The first-order chi connectivity index (χ1) is 11.0. The van der Waals surface area contributed by atoms with Crippen molar-refractivity contribution in [2.75, 3.05) is 5.32 Å². The first-order valence-electron chi connectivity index (χ1n) is 7.26. The number of anilines is 1. The number of thioether (sulfide) groups is 1. The van der Waals surface area contributed by atoms with Crippen molar-refractivity contribution in [3.8, 4) is 0 Å². The van der Waals surface area contributed by atoms with E-state index in [4.69, 9.17) is 0 Å². The minimum Gasteiger partial charge on any atom is -0.325 e. The summed E-state index contributed by atoms with van der Waals surface area (Å²) in [5.41, 5.74) is 2.64. The van der Waals surface area contributed by atoms with Crippen LogP contribution in [0.4, 0.5) is 5.69 Å². The van der Waals surface area contributed by atoms with Gasteiger partial charge in [0.25, 0.3) is 5.78 Å². The topological polar surface area (TPSA) is 72.2 Å². The van der Waals surface area contributed by atoms with E-state index < -0.39 is 0 Å². The molecule has 0 spiro atoms. The van der Waals surface area contributed by atoms with Gasteiger partial charge in [-0.15, -0.1) is 5.10 Å². The van der Waals surface area contributed by atoms with E-state index >= 15 is 0 Å². The lowest BCUT2D eigenvalue weighted by atomic mass is 10.3. The zero-order valence-electron chi connectivity index (χ0n) is 13.1. The molecule has 1 aromatic carbocycles. The molecule has 7 heteroatoms. The summed E-state index contributed by atoms with van der Waals surface area (Å²) in [7, 11) is 0. The zero-order chi connectivity index (χ0) is 16.4. The van der Waals surface area contributed by atoms with Crippen molar-refractivity contribution in [3.05, 3.63) is 47.8 Å². The number of aromatic nitrogens is 4. The van der Waals surface area contributed by atoms with Gasteiger partial charge >= 0.3 is 0 Å². The quantitative estimate of drug-likeness (QED) is 0.746. The van der Waals surface area contributed by atoms with Crippen molar-refractivity contribution in [1.29, 1.82) is 0 Å². The molecule has 0 fully saturated rings. The van der Waals surface area contributed by atoms with Crippen LogP contribution >= 0.6 is 11.8 Å². The Hall–Kier alpha value is -2.41. The molecule has 3 rings (SSSR count). The Kier molecular flexibility index (Phi) is 4.29. The van der Waals surface area contributed by atoms with Gasteiger partial charge in [0, 0.05) is 17.1 Å². The van der Waals surface area contributed by atoms with E-state index in [2.05, 4.69) is 20.4 Å². The lowest BCUT2D eigenvalue weighted by Gasteiger charge is -2.09. The fraction of sp³-hybridized carbons (Fsp3) is 0.250. The first-order valence-corrected chi connectivity index (χ1v) is 8.14. The number of rotatable bonds is 4. The Bertz CT molecular complexity index is 846. The lowest BCUT2D eigenvalue weighted by Crippen LogP contribution is -2.22. The SMILES string of the molecule is Cc1cc(C)n2nc(S[C@@H](C)C(=O)Nc3ccccc3)nc2n1. The molecule has 1 amide bonds. The number of fused-ring (bicyclic) bond motifs is 1. The number of carbonyl (C=O) groups excluding carboxylic acids is 1. The molecule has 0 saturated heterocycles. The highest BCUT2D eigenvalue weighted by molar-refractivity contribution is 8.00. The van der Waals surface area contributed by atoms with E-state index in [1.807, 2.05) is 57.2 Å². The Morgan fingerprint density at radius 3 is 2.70 bits per heavy atom. The molecule has 0 aliphatic carbocycles. The molecule has 0 bridgehead atoms. The number of para-hydroxylation sites is 1. The molecule has 0 aliphatic rings. The second-order valence-corrected chi connectivity index (χ2v) is 6.57. The number of nitrogens with zero attached hydrogens (tertiary/aromatic N) is 4. The Morgan fingerprint density at radius 1 is 1.22 bits per heavy atom. The van der Waals surface area contributed by atoms with Gasteiger partial charge in [-0.3, -0.25) is 4.79 Å². The maximum absolute atomic E-state index is 12.2. The maximum atomic E-state index is 12.2. The molecular weight excluding hydrogens is 310 g/mol. The highest BCUT2D eigenvalue weighted by atomic mass is 32.2. The fourth-order valence-electron chi connectivity index (χ4n) is 2.17. The molecule has 1 N–H and O–H groups in total. The second kappa shape index (κ2) is 6.37. The average Bonchev–Trinajstić information content (AvgIpc) is 2.91. The van der Waals surface area contributed by atoms with Gasteiger partial charge in [-0.2, -0.15) is 4.98 Å². The van der Waals surface area contributed by atoms with Crippen LogP contribution in [0.1, 0.15) is 18.3 Å². The van der Waals surface area contributed by atoms with Crippen LogP contribution in [-0.2, 0) is 4.79 Å². The van der Waals surface area contributed by atoms with Gasteiger partial charge in [-0.25, -0.2) is 9.50 Å². The Labute approximate surface area is 138 Å². The summed E-state index contributed by atoms with van der Waals surface area (Å²) in [6.07, 6.45) is 0. The third-order valence-electron chi connectivity index (χ3n) is 3.29. The molecule has 0 aliphatic heterocycles. The van der Waals surface area contributed by atoms with Gasteiger partial charge in [-0.1, -0.05) is 30.0 Å². The molecule has 23 heavy (non-hydrogen) atoms. The van der Waals surface area contributed by atoms with Crippen LogP contribution in [0.15, 0.2) is 41.6 Å². The number of aryl methyl sites for hydroxylation is 2. The number of amides is 1. The third kappa shape index (κ3) is 3.50. The van der Waals surface area contributed by atoms with Crippen molar-refractivity contribution in [2.24, 2.45) is 0 Å². The highest BCUT2D eigenvalue weighted by Crippen LogP contribution is 2.22. The van der Waals surface area contributed by atoms with Crippen LogP contribution in [0.3, 0.4) is 0 Å². The fourth-order valence-corrected chi connectivity index (χ4v) is 2.92. The van der Waals surface area contributed by atoms with E-state index in [0.29, 0.717) is 10.9 Å². The molecule has 1 atom stereocenters. The van der Waals surface area contributed by atoms with E-state index in [-0.39, 0.29) is 11.2 Å². The monoisotopic (exact) mass is 327 g/mol. The summed E-state index contributed by atoms with van der Waals surface area (Å²) in [5.74, 6) is 0.474. The molecule has 0 unspecified atom stereocenters. The second-order valence-electron chi connectivity index (χ2n) is 5.26. The van der Waals surface area contributed by atoms with Gasteiger partial charge in [0.2, 0.25) is 11.1 Å². The van der Waals surface area contributed by atoms with Gasteiger partial charge in [0.05, 0.1) is 5.25 Å². The van der Waals surface area contributed by atoms with Crippen LogP contribution in [0.2, 0.25) is 0 Å². The van der Waals surface area contributed by atoms with Gasteiger partial charge in [0.15, 0.2) is 0 Å². The lowest BCUT2D eigenvalue weighted by molar-refractivity contribution is -0.115. The normalized spacial score (nSPS) is 12.3. The van der Waals surface area contributed by atoms with Crippen molar-refractivity contribution in [1.82, 2.24) is 19.6 Å². The zero-order valence-corrected chi connectivity index (χ0v) is 14.0. The summed E-state index contributed by atoms with van der Waals surface area (Å²) in [5, 5.41) is 7.52. The van der Waals surface area contributed by atoms with Crippen molar-refractivity contribution < 1.29 is 4.79 Å². The third-order valence-corrected chi connectivity index (χ3v) is 4.24. The summed E-state index contributed by atoms with van der Waals surface area (Å²) in [4.78, 5) is 21.0. The number of hydrogen-bond acceptors (Lipinski definition) is 5. The van der Waals surface area contributed by atoms with Crippen LogP contribution < -0.4 is 5.32 Å². The summed E-state index contributed by atoms with van der Waals surface area (Å²) >= 11 is 1.32. The minimum absolute atomic E-state index is 0.0825. The van der Waals surface area contributed by atoms with E-state index in [1.54, 1.807) is 4.52 Å². The highest BCUT2D eigenvalue weighted by Gasteiger charge is 2.18. The number of hydrogen-bond donors (Lipinski definition) is 1. The van der Waals surface area contributed by atoms with Gasteiger partial charge in [0.1, 0.15) is 0 Å². The van der Waals surface area contributed by atoms with Crippen molar-refractivity contribution in [2.45, 2.75) is 31.2 Å². The molecule has 6 nitrogen and oxygen atoms in total. The summed E-state index contributed by atoms with van der Waals surface area (Å²) in [6.45, 7) is 5.71. The predicted molar refractivity (Wildman–Crippen MR) is 90.6 cm³/mol. The summed E-state index contributed by atoms with van der Waals surface area (Å²) in [6, 6.07) is 11.3. The predicted octanol–water partition coefficient (Wildman–Crippen LogP) is 2.86. The molecule has 2 heterocycles. The van der Waals surface area contributed by atoms with Crippen LogP contribution in [0.5, 0.6) is 0 Å². The molecule has 0 saturated carbocycles. The molecular formula is C16H17N5OS. The number of carbonyl (C=O) groups is 1. The molecule has 3 aromatic rings. The molecule has 2 aromatic heterocycles. The molecule has 118 valence electrons. The van der Waals surface area contributed by atoms with E-state index in [0.717, 1.165) is 17.1 Å². The summed E-state index contributed by atoms with van der Waals surface area (Å²) < 4.78 is 1.69. The largest absolute Gasteiger partial charge is 0.325 e. The van der Waals surface area contributed by atoms with Gasteiger partial charge in [-0.05, 0) is 39.0 Å². The number of benzene rings is 1. The van der Waals surface area contributed by atoms with Gasteiger partial charge < -0.3 is 5.32 Å². The maximum Gasteiger partial charge on any atom is 0.253 e. The standard InChI is InChI=1S/C16H17N5OS/c1-10-9-11(2)21-15(17-10)19-16(20-21)23-12(3)14(22)18-13-7-5-4-6-8-13/h4-9,12H,1-3H3,(H,18,22)/t12-/m0/s1. The van der Waals surface area contributed by atoms with E-state index in [9.17, 15) is 4.79 Å². The average molecular weight is 327 g/mol. The van der Waals surface area contributed by atoms with Crippen molar-refractivity contribution in [3.63, 3.8) is 0 Å². The smallest absolute Gasteiger partial charge is 0.253 e. The molecule has 0 radical (unpaired) electrons. The Balaban J connectivity index is 1.73. The first kappa shape index (κ1) is 15.5. The van der Waals surface area contributed by atoms with Crippen molar-refractivity contribution >= 4 is 29.1 Å². The van der Waals surface area contributed by atoms with E-state index in [1.165, 1.54) is 11.8 Å². The van der Waals surface area contributed by atoms with Crippen LogP contribution in [0, 0.1) is 13.8 Å². The minimum atomic E-state index is -0.311.